The zero-order valence-corrected chi connectivity index (χ0v) is 17.3. The van der Waals surface area contributed by atoms with Crippen molar-refractivity contribution in [3.63, 3.8) is 0 Å². The number of nitrogens with one attached hydrogen (secondary N) is 1. The average Bonchev–Trinajstić information content (AvgIpc) is 3.26. The van der Waals surface area contributed by atoms with Crippen LogP contribution in [0.3, 0.4) is 0 Å². The van der Waals surface area contributed by atoms with Gasteiger partial charge in [-0.1, -0.05) is 23.4 Å². The van der Waals surface area contributed by atoms with Gasteiger partial charge in [0, 0.05) is 22.8 Å². The number of thioether (sulfide) groups is 1. The maximum absolute atomic E-state index is 13.0. The van der Waals surface area contributed by atoms with Crippen LogP contribution in [0.1, 0.15) is 27.6 Å². The van der Waals surface area contributed by atoms with Crippen LogP contribution in [0, 0.1) is 20.8 Å². The van der Waals surface area contributed by atoms with Crippen molar-refractivity contribution in [2.75, 3.05) is 12.3 Å². The van der Waals surface area contributed by atoms with Gasteiger partial charge >= 0.3 is 0 Å². The highest BCUT2D eigenvalue weighted by Crippen LogP contribution is 2.30. The number of furan rings is 1. The van der Waals surface area contributed by atoms with Crippen LogP contribution in [0.4, 0.5) is 0 Å². The van der Waals surface area contributed by atoms with Gasteiger partial charge in [-0.15, -0.1) is 11.8 Å². The molecule has 0 aliphatic heterocycles. The van der Waals surface area contributed by atoms with Gasteiger partial charge in [0.25, 0.3) is 11.6 Å². The molecule has 0 atom stereocenters. The van der Waals surface area contributed by atoms with E-state index in [0.29, 0.717) is 34.6 Å². The van der Waals surface area contributed by atoms with Crippen LogP contribution >= 0.6 is 11.8 Å². The Kier molecular flexibility index (Phi) is 5.40. The summed E-state index contributed by atoms with van der Waals surface area (Å²) in [5.74, 6) is 2.14. The highest BCUT2D eigenvalue weighted by atomic mass is 32.2. The maximum Gasteiger partial charge on any atom is 0.259 e. The Hall–Kier alpha value is -3.06. The number of aryl methyl sites for hydroxylation is 3. The van der Waals surface area contributed by atoms with Crippen molar-refractivity contribution < 1.29 is 13.7 Å². The Morgan fingerprint density at radius 3 is 2.66 bits per heavy atom. The van der Waals surface area contributed by atoms with Crippen LogP contribution in [-0.2, 0) is 0 Å². The number of hydrogen-bond donors (Lipinski definition) is 1. The van der Waals surface area contributed by atoms with Crippen molar-refractivity contribution in [3.05, 3.63) is 65.2 Å². The lowest BCUT2D eigenvalue weighted by molar-refractivity contribution is 0.0957. The van der Waals surface area contributed by atoms with E-state index in [0.717, 1.165) is 22.8 Å². The lowest BCUT2D eigenvalue weighted by Gasteiger charge is -2.08. The molecule has 0 saturated heterocycles. The minimum absolute atomic E-state index is 0.170. The number of nitrogens with zero attached hydrogens (tertiary/aromatic N) is 2. The standard InChI is InChI=1S/C22H21N3O3S/c1-13-11-17(15(3)27-13)19-12-18(20-14(2)25-28-22(20)24-19)21(26)23-9-10-29-16-7-5-4-6-8-16/h4-8,11-12H,9-10H2,1-3H3,(H,23,26). The summed E-state index contributed by atoms with van der Waals surface area (Å²) in [7, 11) is 0. The normalized spacial score (nSPS) is 11.1. The van der Waals surface area contributed by atoms with E-state index in [9.17, 15) is 4.79 Å². The van der Waals surface area contributed by atoms with Gasteiger partial charge in [-0.3, -0.25) is 4.79 Å². The largest absolute Gasteiger partial charge is 0.466 e. The molecule has 0 bridgehead atoms. The monoisotopic (exact) mass is 407 g/mol. The molecule has 1 N–H and O–H groups in total. The number of rotatable bonds is 6. The van der Waals surface area contributed by atoms with E-state index >= 15 is 0 Å². The minimum atomic E-state index is -0.170. The van der Waals surface area contributed by atoms with Crippen molar-refractivity contribution in [2.45, 2.75) is 25.7 Å². The van der Waals surface area contributed by atoms with E-state index in [4.69, 9.17) is 8.94 Å². The highest BCUT2D eigenvalue weighted by Gasteiger charge is 2.20. The Balaban J connectivity index is 1.57. The first-order chi connectivity index (χ1) is 14.0. The maximum atomic E-state index is 13.0. The fraction of sp³-hybridized carbons (Fsp3) is 0.227. The topological polar surface area (TPSA) is 81.2 Å². The Bertz CT molecular complexity index is 1160. The summed E-state index contributed by atoms with van der Waals surface area (Å²) in [6.07, 6.45) is 0. The summed E-state index contributed by atoms with van der Waals surface area (Å²) >= 11 is 1.70. The number of fused-ring (bicyclic) bond motifs is 1. The number of carbonyl (C=O) groups excluding carboxylic acids is 1. The summed E-state index contributed by atoms with van der Waals surface area (Å²) in [6, 6.07) is 13.8. The fourth-order valence-corrected chi connectivity index (χ4v) is 4.03. The van der Waals surface area contributed by atoms with Crippen LogP contribution < -0.4 is 5.32 Å². The van der Waals surface area contributed by atoms with E-state index in [1.165, 1.54) is 4.90 Å². The minimum Gasteiger partial charge on any atom is -0.466 e. The molecule has 29 heavy (non-hydrogen) atoms. The summed E-state index contributed by atoms with van der Waals surface area (Å²) in [4.78, 5) is 18.7. The molecule has 1 amide bonds. The number of aromatic nitrogens is 2. The third kappa shape index (κ3) is 4.05. The van der Waals surface area contributed by atoms with Gasteiger partial charge in [0.2, 0.25) is 0 Å². The van der Waals surface area contributed by atoms with Crippen molar-refractivity contribution in [1.82, 2.24) is 15.5 Å². The van der Waals surface area contributed by atoms with Crippen molar-refractivity contribution in [3.8, 4) is 11.3 Å². The number of amides is 1. The molecular weight excluding hydrogens is 386 g/mol. The van der Waals surface area contributed by atoms with Crippen LogP contribution in [-0.4, -0.2) is 28.3 Å². The molecule has 4 aromatic rings. The first-order valence-electron chi connectivity index (χ1n) is 9.33. The molecule has 1 aromatic carbocycles. The highest BCUT2D eigenvalue weighted by molar-refractivity contribution is 7.99. The smallest absolute Gasteiger partial charge is 0.259 e. The van der Waals surface area contributed by atoms with Gasteiger partial charge in [-0.05, 0) is 45.0 Å². The molecule has 0 spiro atoms. The summed E-state index contributed by atoms with van der Waals surface area (Å²) in [5, 5.41) is 7.63. The molecule has 7 heteroatoms. The van der Waals surface area contributed by atoms with E-state index in [1.54, 1.807) is 17.8 Å². The van der Waals surface area contributed by atoms with E-state index in [-0.39, 0.29) is 5.91 Å². The Morgan fingerprint density at radius 1 is 1.14 bits per heavy atom. The SMILES string of the molecule is Cc1cc(-c2cc(C(=O)NCCSc3ccccc3)c3c(C)noc3n2)c(C)o1. The predicted molar refractivity (Wildman–Crippen MR) is 113 cm³/mol. The molecule has 0 fully saturated rings. The van der Waals surface area contributed by atoms with Crippen LogP contribution in [0.15, 0.2) is 56.3 Å². The van der Waals surface area contributed by atoms with Gasteiger partial charge in [0.15, 0.2) is 0 Å². The molecule has 3 aromatic heterocycles. The lowest BCUT2D eigenvalue weighted by atomic mass is 10.1. The number of benzene rings is 1. The van der Waals surface area contributed by atoms with Gasteiger partial charge in [-0.25, -0.2) is 4.98 Å². The molecule has 6 nitrogen and oxygen atoms in total. The first kappa shape index (κ1) is 19.3. The molecule has 0 aliphatic rings. The predicted octanol–water partition coefficient (Wildman–Crippen LogP) is 4.93. The second kappa shape index (κ2) is 8.13. The molecule has 148 valence electrons. The van der Waals surface area contributed by atoms with Crippen molar-refractivity contribution in [2.24, 2.45) is 0 Å². The van der Waals surface area contributed by atoms with E-state index in [2.05, 4.69) is 27.6 Å². The first-order valence-corrected chi connectivity index (χ1v) is 10.3. The van der Waals surface area contributed by atoms with Gasteiger partial charge < -0.3 is 14.3 Å². The number of pyridine rings is 1. The molecule has 4 rings (SSSR count). The molecule has 3 heterocycles. The third-order valence-electron chi connectivity index (χ3n) is 4.58. The van der Waals surface area contributed by atoms with Crippen LogP contribution in [0.25, 0.3) is 22.4 Å². The van der Waals surface area contributed by atoms with Crippen LogP contribution in [0.5, 0.6) is 0 Å². The molecule has 0 radical (unpaired) electrons. The van der Waals surface area contributed by atoms with Gasteiger partial charge in [0.05, 0.1) is 22.3 Å². The second-order valence-electron chi connectivity index (χ2n) is 6.75. The lowest BCUT2D eigenvalue weighted by Crippen LogP contribution is -2.26. The number of carbonyl (C=O) groups is 1. The average molecular weight is 407 g/mol. The second-order valence-corrected chi connectivity index (χ2v) is 7.92. The van der Waals surface area contributed by atoms with Crippen molar-refractivity contribution >= 4 is 28.8 Å². The zero-order chi connectivity index (χ0) is 20.4. The fourth-order valence-electron chi connectivity index (χ4n) is 3.24. The van der Waals surface area contributed by atoms with Gasteiger partial charge in [0.1, 0.15) is 11.5 Å². The Labute approximate surface area is 172 Å². The summed E-state index contributed by atoms with van der Waals surface area (Å²) < 4.78 is 11.0. The summed E-state index contributed by atoms with van der Waals surface area (Å²) in [6.45, 7) is 6.11. The third-order valence-corrected chi connectivity index (χ3v) is 5.59. The quantitative estimate of drug-likeness (QED) is 0.360. The van der Waals surface area contributed by atoms with E-state index < -0.39 is 0 Å². The Morgan fingerprint density at radius 2 is 1.93 bits per heavy atom. The molecular formula is C22H21N3O3S. The molecule has 0 saturated carbocycles. The number of hydrogen-bond acceptors (Lipinski definition) is 6. The van der Waals surface area contributed by atoms with Crippen molar-refractivity contribution in [1.29, 1.82) is 0 Å². The summed E-state index contributed by atoms with van der Waals surface area (Å²) in [5.41, 5.74) is 2.97. The van der Waals surface area contributed by atoms with E-state index in [1.807, 2.05) is 45.0 Å². The zero-order valence-electron chi connectivity index (χ0n) is 16.5. The van der Waals surface area contributed by atoms with Crippen LogP contribution in [0.2, 0.25) is 0 Å². The molecule has 0 unspecified atom stereocenters. The van der Waals surface area contributed by atoms with Gasteiger partial charge in [-0.2, -0.15) is 0 Å². The molecule has 0 aliphatic carbocycles.